The topological polar surface area (TPSA) is 61.8 Å². The maximum Gasteiger partial charge on any atom is 0.193 e. The second kappa shape index (κ2) is 5.05. The SMILES string of the molecule is NC(Cc1cn2ccsc2n1)C1COc2ccccc2O1. The molecule has 1 aliphatic rings. The van der Waals surface area contributed by atoms with E-state index in [0.29, 0.717) is 13.0 Å². The Morgan fingerprint density at radius 3 is 3.10 bits per heavy atom. The van der Waals surface area contributed by atoms with Crippen molar-refractivity contribution >= 4 is 16.3 Å². The summed E-state index contributed by atoms with van der Waals surface area (Å²) < 4.78 is 13.7. The Balaban J connectivity index is 1.48. The standard InChI is InChI=1S/C15H15N3O2S/c16-11(7-10-8-18-5-6-21-15(18)17-10)14-9-19-12-3-1-2-4-13(12)20-14/h1-6,8,11,14H,7,9,16H2. The smallest absolute Gasteiger partial charge is 0.193 e. The number of thiazole rings is 1. The number of imidazole rings is 1. The van der Waals surface area contributed by atoms with Gasteiger partial charge in [0, 0.05) is 24.2 Å². The zero-order chi connectivity index (χ0) is 14.2. The molecule has 2 unspecified atom stereocenters. The number of para-hydroxylation sites is 2. The third-order valence-electron chi connectivity index (χ3n) is 3.60. The molecule has 6 heteroatoms. The Hall–Kier alpha value is -2.05. The number of rotatable bonds is 3. The van der Waals surface area contributed by atoms with Gasteiger partial charge in [-0.25, -0.2) is 4.98 Å². The molecule has 3 aromatic rings. The summed E-state index contributed by atoms with van der Waals surface area (Å²) in [7, 11) is 0. The van der Waals surface area contributed by atoms with E-state index in [1.807, 2.05) is 46.4 Å². The molecule has 0 fully saturated rings. The molecule has 3 heterocycles. The van der Waals surface area contributed by atoms with E-state index in [-0.39, 0.29) is 12.1 Å². The molecule has 0 bridgehead atoms. The van der Waals surface area contributed by atoms with Gasteiger partial charge in [0.1, 0.15) is 12.7 Å². The van der Waals surface area contributed by atoms with Crippen molar-refractivity contribution in [1.82, 2.24) is 9.38 Å². The van der Waals surface area contributed by atoms with Crippen LogP contribution in [0.15, 0.2) is 42.0 Å². The summed E-state index contributed by atoms with van der Waals surface area (Å²) in [6, 6.07) is 7.52. The average Bonchev–Trinajstić information content (AvgIpc) is 3.08. The molecule has 2 atom stereocenters. The number of hydrogen-bond donors (Lipinski definition) is 1. The lowest BCUT2D eigenvalue weighted by molar-refractivity contribution is 0.0721. The summed E-state index contributed by atoms with van der Waals surface area (Å²) in [5.74, 6) is 1.54. The fourth-order valence-corrected chi connectivity index (χ4v) is 3.21. The highest BCUT2D eigenvalue weighted by atomic mass is 32.1. The van der Waals surface area contributed by atoms with E-state index >= 15 is 0 Å². The van der Waals surface area contributed by atoms with Crippen LogP contribution in [0.5, 0.6) is 11.5 Å². The molecule has 5 nitrogen and oxygen atoms in total. The van der Waals surface area contributed by atoms with Crippen LogP contribution in [0.2, 0.25) is 0 Å². The van der Waals surface area contributed by atoms with Crippen LogP contribution in [0.3, 0.4) is 0 Å². The van der Waals surface area contributed by atoms with Crippen molar-refractivity contribution < 1.29 is 9.47 Å². The monoisotopic (exact) mass is 301 g/mol. The lowest BCUT2D eigenvalue weighted by atomic mass is 10.1. The molecule has 108 valence electrons. The third kappa shape index (κ3) is 2.36. The van der Waals surface area contributed by atoms with Crippen LogP contribution in [-0.2, 0) is 6.42 Å². The Kier molecular flexibility index (Phi) is 3.05. The molecule has 2 N–H and O–H groups in total. The number of nitrogens with zero attached hydrogens (tertiary/aromatic N) is 2. The number of nitrogens with two attached hydrogens (primary N) is 1. The minimum Gasteiger partial charge on any atom is -0.486 e. The van der Waals surface area contributed by atoms with Gasteiger partial charge in [-0.1, -0.05) is 12.1 Å². The predicted octanol–water partition coefficient (Wildman–Crippen LogP) is 2.11. The molecule has 0 radical (unpaired) electrons. The molecule has 1 aliphatic heterocycles. The van der Waals surface area contributed by atoms with Crippen molar-refractivity contribution in [3.63, 3.8) is 0 Å². The molecule has 0 aliphatic carbocycles. The van der Waals surface area contributed by atoms with Crippen LogP contribution in [0.4, 0.5) is 0 Å². The van der Waals surface area contributed by atoms with E-state index in [1.54, 1.807) is 11.3 Å². The molecular weight excluding hydrogens is 286 g/mol. The quantitative estimate of drug-likeness (QED) is 0.805. The molecule has 0 saturated heterocycles. The van der Waals surface area contributed by atoms with Crippen molar-refractivity contribution in [3.8, 4) is 11.5 Å². The lowest BCUT2D eigenvalue weighted by Gasteiger charge is -2.30. The van der Waals surface area contributed by atoms with Gasteiger partial charge in [-0.05, 0) is 12.1 Å². The first-order valence-electron chi connectivity index (χ1n) is 6.85. The van der Waals surface area contributed by atoms with Crippen molar-refractivity contribution in [2.45, 2.75) is 18.6 Å². The van der Waals surface area contributed by atoms with E-state index in [1.165, 1.54) is 0 Å². The Bertz CT molecular complexity index is 738. The summed E-state index contributed by atoms with van der Waals surface area (Å²) >= 11 is 1.62. The first kappa shape index (κ1) is 12.7. The van der Waals surface area contributed by atoms with Crippen LogP contribution in [0, 0.1) is 0 Å². The van der Waals surface area contributed by atoms with Gasteiger partial charge in [-0.2, -0.15) is 0 Å². The highest BCUT2D eigenvalue weighted by Crippen LogP contribution is 2.31. The second-order valence-corrected chi connectivity index (χ2v) is 5.98. The van der Waals surface area contributed by atoms with Crippen LogP contribution < -0.4 is 15.2 Å². The van der Waals surface area contributed by atoms with Crippen LogP contribution >= 0.6 is 11.3 Å². The minimum absolute atomic E-state index is 0.150. The van der Waals surface area contributed by atoms with E-state index in [9.17, 15) is 0 Å². The summed E-state index contributed by atoms with van der Waals surface area (Å²) in [6.07, 6.45) is 4.53. The molecule has 4 rings (SSSR count). The number of ether oxygens (including phenoxy) is 2. The van der Waals surface area contributed by atoms with E-state index in [2.05, 4.69) is 4.98 Å². The highest BCUT2D eigenvalue weighted by molar-refractivity contribution is 7.15. The van der Waals surface area contributed by atoms with E-state index in [0.717, 1.165) is 22.2 Å². The Morgan fingerprint density at radius 2 is 2.24 bits per heavy atom. The van der Waals surface area contributed by atoms with Crippen LogP contribution in [0.1, 0.15) is 5.69 Å². The maximum absolute atomic E-state index is 6.28. The molecule has 0 spiro atoms. The molecular formula is C15H15N3O2S. The van der Waals surface area contributed by atoms with Gasteiger partial charge in [-0.15, -0.1) is 11.3 Å². The van der Waals surface area contributed by atoms with Gasteiger partial charge >= 0.3 is 0 Å². The second-order valence-electron chi connectivity index (χ2n) is 5.11. The fourth-order valence-electron chi connectivity index (χ4n) is 2.49. The van der Waals surface area contributed by atoms with Crippen LogP contribution in [-0.4, -0.2) is 28.1 Å². The average molecular weight is 301 g/mol. The van der Waals surface area contributed by atoms with Crippen LogP contribution in [0.25, 0.3) is 4.96 Å². The van der Waals surface area contributed by atoms with E-state index in [4.69, 9.17) is 15.2 Å². The maximum atomic E-state index is 6.28. The van der Waals surface area contributed by atoms with Crippen molar-refractivity contribution in [3.05, 3.63) is 47.7 Å². The Morgan fingerprint density at radius 1 is 1.38 bits per heavy atom. The van der Waals surface area contributed by atoms with Gasteiger partial charge in [0.05, 0.1) is 11.7 Å². The summed E-state index contributed by atoms with van der Waals surface area (Å²) in [5.41, 5.74) is 7.26. The number of fused-ring (bicyclic) bond motifs is 2. The predicted molar refractivity (Wildman–Crippen MR) is 81.1 cm³/mol. The zero-order valence-corrected chi connectivity index (χ0v) is 12.1. The zero-order valence-electron chi connectivity index (χ0n) is 11.3. The first-order chi connectivity index (χ1) is 10.3. The number of hydrogen-bond acceptors (Lipinski definition) is 5. The molecule has 1 aromatic carbocycles. The molecule has 2 aromatic heterocycles. The van der Waals surface area contributed by atoms with Gasteiger partial charge in [0.2, 0.25) is 0 Å². The minimum atomic E-state index is -0.153. The summed E-state index contributed by atoms with van der Waals surface area (Å²) in [4.78, 5) is 5.55. The number of aromatic nitrogens is 2. The summed E-state index contributed by atoms with van der Waals surface area (Å²) in [5, 5.41) is 2.01. The van der Waals surface area contributed by atoms with Crippen molar-refractivity contribution in [2.75, 3.05) is 6.61 Å². The molecule has 0 saturated carbocycles. The van der Waals surface area contributed by atoms with Crippen molar-refractivity contribution in [2.24, 2.45) is 5.73 Å². The van der Waals surface area contributed by atoms with Gasteiger partial charge in [0.25, 0.3) is 0 Å². The number of benzene rings is 1. The van der Waals surface area contributed by atoms with Gasteiger partial charge in [-0.3, -0.25) is 4.40 Å². The first-order valence-corrected chi connectivity index (χ1v) is 7.73. The molecule has 0 amide bonds. The highest BCUT2D eigenvalue weighted by Gasteiger charge is 2.27. The third-order valence-corrected chi connectivity index (χ3v) is 4.37. The largest absolute Gasteiger partial charge is 0.486 e. The normalized spacial score (nSPS) is 18.8. The van der Waals surface area contributed by atoms with Crippen molar-refractivity contribution in [1.29, 1.82) is 0 Å². The fraction of sp³-hybridized carbons (Fsp3) is 0.267. The lowest BCUT2D eigenvalue weighted by Crippen LogP contribution is -2.46. The summed E-state index contributed by atoms with van der Waals surface area (Å²) in [6.45, 7) is 0.473. The van der Waals surface area contributed by atoms with Gasteiger partial charge in [0.15, 0.2) is 16.5 Å². The van der Waals surface area contributed by atoms with Gasteiger partial charge < -0.3 is 15.2 Å². The van der Waals surface area contributed by atoms with E-state index < -0.39 is 0 Å². The molecule has 21 heavy (non-hydrogen) atoms. The Labute approximate surface area is 125 Å².